The molecule has 2 N–H and O–H groups in total. The van der Waals surface area contributed by atoms with Crippen LogP contribution < -0.4 is 5.46 Å². The van der Waals surface area contributed by atoms with Crippen molar-refractivity contribution in [2.45, 2.75) is 0 Å². The van der Waals surface area contributed by atoms with Gasteiger partial charge in [-0.05, 0) is 29.7 Å². The van der Waals surface area contributed by atoms with Gasteiger partial charge in [-0.3, -0.25) is 4.98 Å². The molecule has 1 aromatic heterocycles. The lowest BCUT2D eigenvalue weighted by molar-refractivity contribution is 0.426. The second-order valence-electron chi connectivity index (χ2n) is 2.94. The van der Waals surface area contributed by atoms with E-state index in [2.05, 4.69) is 4.98 Å². The summed E-state index contributed by atoms with van der Waals surface area (Å²) in [7, 11) is -1.61. The number of fused-ring (bicyclic) bond motifs is 1. The van der Waals surface area contributed by atoms with Crippen LogP contribution in [0.4, 0.5) is 4.39 Å². The third-order valence-electron chi connectivity index (χ3n) is 2.02. The summed E-state index contributed by atoms with van der Waals surface area (Å²) in [5, 5.41) is 18.5. The molecule has 1 heterocycles. The first kappa shape index (κ1) is 9.11. The molecule has 0 bridgehead atoms. The third kappa shape index (κ3) is 1.47. The van der Waals surface area contributed by atoms with Gasteiger partial charge in [0.25, 0.3) is 0 Å². The maximum Gasteiger partial charge on any atom is 0.489 e. The van der Waals surface area contributed by atoms with Gasteiger partial charge in [0.15, 0.2) is 0 Å². The van der Waals surface area contributed by atoms with Crippen molar-refractivity contribution in [2.75, 3.05) is 0 Å². The van der Waals surface area contributed by atoms with Crippen molar-refractivity contribution in [1.82, 2.24) is 4.98 Å². The van der Waals surface area contributed by atoms with Gasteiger partial charge in [0.05, 0.1) is 5.52 Å². The number of benzene rings is 1. The molecule has 0 fully saturated rings. The van der Waals surface area contributed by atoms with E-state index in [4.69, 9.17) is 10.0 Å². The van der Waals surface area contributed by atoms with E-state index < -0.39 is 12.9 Å². The average molecular weight is 191 g/mol. The highest BCUT2D eigenvalue weighted by atomic mass is 19.1. The molecule has 70 valence electrons. The molecule has 0 aliphatic rings. The fraction of sp³-hybridized carbons (Fsp3) is 0. The van der Waals surface area contributed by atoms with Crippen LogP contribution in [0.3, 0.4) is 0 Å². The molecule has 2 rings (SSSR count). The van der Waals surface area contributed by atoms with E-state index in [0.717, 1.165) is 0 Å². The fourth-order valence-electron chi connectivity index (χ4n) is 1.36. The van der Waals surface area contributed by atoms with Gasteiger partial charge in [-0.15, -0.1) is 0 Å². The van der Waals surface area contributed by atoms with Crippen molar-refractivity contribution in [3.05, 3.63) is 36.3 Å². The van der Waals surface area contributed by atoms with E-state index in [9.17, 15) is 4.39 Å². The quantitative estimate of drug-likeness (QED) is 0.626. The molecule has 1 aromatic carbocycles. The van der Waals surface area contributed by atoms with Gasteiger partial charge in [0.2, 0.25) is 0 Å². The number of rotatable bonds is 1. The number of hydrogen-bond donors (Lipinski definition) is 2. The van der Waals surface area contributed by atoms with Crippen LogP contribution in [0, 0.1) is 5.82 Å². The Balaban J connectivity index is 2.77. The summed E-state index contributed by atoms with van der Waals surface area (Å²) in [5.74, 6) is -0.424. The standard InChI is InChI=1S/C9H7BFNO2/c11-6-1-2-9-7(5-6)8(10(13)14)3-4-12-9/h1-5,13-14H. The lowest BCUT2D eigenvalue weighted by Crippen LogP contribution is -2.30. The minimum Gasteiger partial charge on any atom is -0.423 e. The zero-order chi connectivity index (χ0) is 10.1. The van der Waals surface area contributed by atoms with Gasteiger partial charge in [0.1, 0.15) is 5.82 Å². The Morgan fingerprint density at radius 2 is 2.00 bits per heavy atom. The van der Waals surface area contributed by atoms with Crippen molar-refractivity contribution >= 4 is 23.5 Å². The van der Waals surface area contributed by atoms with Gasteiger partial charge >= 0.3 is 7.12 Å². The van der Waals surface area contributed by atoms with Crippen LogP contribution in [0.1, 0.15) is 0 Å². The van der Waals surface area contributed by atoms with Crippen molar-refractivity contribution < 1.29 is 14.4 Å². The van der Waals surface area contributed by atoms with Crippen LogP contribution in [0.2, 0.25) is 0 Å². The molecule has 0 saturated heterocycles. The maximum atomic E-state index is 12.9. The molecular formula is C9H7BFNO2. The number of aromatic nitrogens is 1. The molecule has 0 spiro atoms. The summed E-state index contributed by atoms with van der Waals surface area (Å²) in [6.07, 6.45) is 1.45. The minimum atomic E-state index is -1.61. The first-order chi connectivity index (χ1) is 6.68. The molecule has 0 saturated carbocycles. The molecule has 0 aliphatic carbocycles. The SMILES string of the molecule is OB(O)c1ccnc2ccc(F)cc12. The monoisotopic (exact) mass is 191 g/mol. The highest BCUT2D eigenvalue weighted by Crippen LogP contribution is 2.10. The molecule has 14 heavy (non-hydrogen) atoms. The van der Waals surface area contributed by atoms with Gasteiger partial charge in [0, 0.05) is 11.6 Å². The number of nitrogens with zero attached hydrogens (tertiary/aromatic N) is 1. The summed E-state index contributed by atoms with van der Waals surface area (Å²) in [5.41, 5.74) is 0.798. The molecule has 0 aliphatic heterocycles. The van der Waals surface area contributed by atoms with E-state index in [1.807, 2.05) is 0 Å². The van der Waals surface area contributed by atoms with E-state index in [1.165, 1.54) is 30.5 Å². The van der Waals surface area contributed by atoms with Crippen LogP contribution in [0.5, 0.6) is 0 Å². The number of halogens is 1. The van der Waals surface area contributed by atoms with Crippen molar-refractivity contribution in [3.63, 3.8) is 0 Å². The van der Waals surface area contributed by atoms with Gasteiger partial charge < -0.3 is 10.0 Å². The van der Waals surface area contributed by atoms with E-state index >= 15 is 0 Å². The highest BCUT2D eigenvalue weighted by molar-refractivity contribution is 6.61. The Kier molecular flexibility index (Phi) is 2.19. The summed E-state index contributed by atoms with van der Waals surface area (Å²) < 4.78 is 12.9. The predicted octanol–water partition coefficient (Wildman–Crippen LogP) is 0.0537. The molecule has 0 amide bonds. The van der Waals surface area contributed by atoms with E-state index in [1.54, 1.807) is 0 Å². The van der Waals surface area contributed by atoms with Crippen LogP contribution in [0.15, 0.2) is 30.5 Å². The normalized spacial score (nSPS) is 10.5. The van der Waals surface area contributed by atoms with Crippen molar-refractivity contribution in [2.24, 2.45) is 0 Å². The summed E-state index contributed by atoms with van der Waals surface area (Å²) in [6.45, 7) is 0. The van der Waals surface area contributed by atoms with Crippen LogP contribution in [0.25, 0.3) is 10.9 Å². The smallest absolute Gasteiger partial charge is 0.423 e. The fourth-order valence-corrected chi connectivity index (χ4v) is 1.36. The molecule has 0 unspecified atom stereocenters. The lowest BCUT2D eigenvalue weighted by Gasteiger charge is -2.03. The zero-order valence-corrected chi connectivity index (χ0v) is 7.18. The van der Waals surface area contributed by atoms with Crippen LogP contribution >= 0.6 is 0 Å². The second kappa shape index (κ2) is 3.36. The first-order valence-corrected chi connectivity index (χ1v) is 4.09. The summed E-state index contributed by atoms with van der Waals surface area (Å²) >= 11 is 0. The van der Waals surface area contributed by atoms with Gasteiger partial charge in [-0.2, -0.15) is 0 Å². The predicted molar refractivity (Wildman–Crippen MR) is 51.5 cm³/mol. The Morgan fingerprint density at radius 1 is 1.21 bits per heavy atom. The average Bonchev–Trinajstić information content (AvgIpc) is 2.16. The van der Waals surface area contributed by atoms with Crippen molar-refractivity contribution in [3.8, 4) is 0 Å². The number of pyridine rings is 1. The Labute approximate surface area is 80.0 Å². The van der Waals surface area contributed by atoms with E-state index in [-0.39, 0.29) is 5.46 Å². The zero-order valence-electron chi connectivity index (χ0n) is 7.18. The Hall–Kier alpha value is -1.46. The molecule has 0 radical (unpaired) electrons. The Morgan fingerprint density at radius 3 is 2.71 bits per heavy atom. The number of hydrogen-bond acceptors (Lipinski definition) is 3. The largest absolute Gasteiger partial charge is 0.489 e. The molecular weight excluding hydrogens is 184 g/mol. The van der Waals surface area contributed by atoms with Gasteiger partial charge in [-0.25, -0.2) is 4.39 Å². The maximum absolute atomic E-state index is 12.9. The molecule has 3 nitrogen and oxygen atoms in total. The first-order valence-electron chi connectivity index (χ1n) is 4.09. The molecule has 0 atom stereocenters. The topological polar surface area (TPSA) is 53.4 Å². The van der Waals surface area contributed by atoms with Crippen LogP contribution in [-0.4, -0.2) is 22.2 Å². The molecule has 5 heteroatoms. The minimum absolute atomic E-state index is 0.259. The molecule has 2 aromatic rings. The lowest BCUT2D eigenvalue weighted by atomic mass is 9.78. The second-order valence-corrected chi connectivity index (χ2v) is 2.94. The van der Waals surface area contributed by atoms with Gasteiger partial charge in [-0.1, -0.05) is 0 Å². The summed E-state index contributed by atoms with van der Waals surface area (Å²) in [6, 6.07) is 5.46. The highest BCUT2D eigenvalue weighted by Gasteiger charge is 2.14. The third-order valence-corrected chi connectivity index (χ3v) is 2.02. The van der Waals surface area contributed by atoms with Crippen LogP contribution in [-0.2, 0) is 0 Å². The Bertz CT molecular complexity index is 475. The van der Waals surface area contributed by atoms with Crippen molar-refractivity contribution in [1.29, 1.82) is 0 Å². The summed E-state index contributed by atoms with van der Waals surface area (Å²) in [4.78, 5) is 3.98. The van der Waals surface area contributed by atoms with E-state index in [0.29, 0.717) is 10.9 Å².